The number of aliphatic hydroxyl groups excluding tert-OH is 1. The number of hydrogen-bond acceptors (Lipinski definition) is 6. The van der Waals surface area contributed by atoms with Crippen LogP contribution in [-0.4, -0.2) is 49.2 Å². The van der Waals surface area contributed by atoms with Crippen LogP contribution in [0.5, 0.6) is 11.5 Å². The molecule has 2 aliphatic heterocycles. The maximum atomic E-state index is 13.5. The largest absolute Gasteiger partial charge is 0.492 e. The third-order valence-electron chi connectivity index (χ3n) is 5.87. The number of rotatable bonds is 5. The first-order valence-electron chi connectivity index (χ1n) is 10.4. The lowest BCUT2D eigenvalue weighted by Gasteiger charge is -2.45. The summed E-state index contributed by atoms with van der Waals surface area (Å²) in [5, 5.41) is 11.1. The van der Waals surface area contributed by atoms with Gasteiger partial charge in [0.15, 0.2) is 0 Å². The van der Waals surface area contributed by atoms with Gasteiger partial charge in [-0.05, 0) is 45.4 Å². The smallest absolute Gasteiger partial charge is 0.223 e. The van der Waals surface area contributed by atoms with Crippen LogP contribution in [0.25, 0.3) is 0 Å². The number of ether oxygens (including phenoxy) is 2. The lowest BCUT2D eigenvalue weighted by Crippen LogP contribution is -2.53. The van der Waals surface area contributed by atoms with Gasteiger partial charge in [-0.1, -0.05) is 18.2 Å². The monoisotopic (exact) mass is 445 g/mol. The lowest BCUT2D eigenvalue weighted by atomic mass is 9.85. The van der Waals surface area contributed by atoms with Crippen molar-refractivity contribution in [3.63, 3.8) is 0 Å². The molecule has 8 heteroatoms. The first-order chi connectivity index (χ1) is 14.7. The minimum absolute atomic E-state index is 0.00791. The van der Waals surface area contributed by atoms with E-state index in [0.717, 1.165) is 0 Å². The third-order valence-corrected chi connectivity index (χ3v) is 7.66. The highest BCUT2D eigenvalue weighted by Gasteiger charge is 2.48. The molecule has 0 aliphatic carbocycles. The fourth-order valence-corrected chi connectivity index (χ4v) is 5.71. The van der Waals surface area contributed by atoms with Crippen molar-refractivity contribution in [1.29, 1.82) is 0 Å². The number of carbonyl (C=O) groups excluding carboxylic acids is 1. The third kappa shape index (κ3) is 3.68. The Morgan fingerprint density at radius 1 is 1.23 bits per heavy atom. The van der Waals surface area contributed by atoms with Gasteiger partial charge in [0.2, 0.25) is 15.7 Å². The zero-order valence-corrected chi connectivity index (χ0v) is 18.7. The van der Waals surface area contributed by atoms with Crippen LogP contribution in [0.4, 0.5) is 0 Å². The fourth-order valence-electron chi connectivity index (χ4n) is 4.28. The van der Waals surface area contributed by atoms with E-state index in [1.807, 2.05) is 0 Å². The number of carbonyl (C=O) groups is 1. The Kier molecular flexibility index (Phi) is 5.47. The number of benzene rings is 2. The van der Waals surface area contributed by atoms with Gasteiger partial charge in [0.25, 0.3) is 0 Å². The van der Waals surface area contributed by atoms with Crippen LogP contribution in [-0.2, 0) is 14.6 Å². The van der Waals surface area contributed by atoms with Gasteiger partial charge < -0.3 is 19.5 Å². The highest BCUT2D eigenvalue weighted by atomic mass is 32.2. The summed E-state index contributed by atoms with van der Waals surface area (Å²) < 4.78 is 38.6. The summed E-state index contributed by atoms with van der Waals surface area (Å²) in [5.41, 5.74) is -0.496. The molecular formula is C23H27NO6S. The second kappa shape index (κ2) is 7.84. The Labute approximate surface area is 182 Å². The van der Waals surface area contributed by atoms with Crippen LogP contribution >= 0.6 is 0 Å². The molecule has 31 heavy (non-hydrogen) atoms. The number of aliphatic hydroxyl groups is 1. The van der Waals surface area contributed by atoms with E-state index in [1.54, 1.807) is 49.9 Å². The number of sulfone groups is 1. The normalized spacial score (nSPS) is 22.7. The van der Waals surface area contributed by atoms with Crippen molar-refractivity contribution < 1.29 is 27.8 Å². The maximum absolute atomic E-state index is 13.5. The minimum Gasteiger partial charge on any atom is -0.492 e. The Morgan fingerprint density at radius 3 is 2.55 bits per heavy atom. The van der Waals surface area contributed by atoms with Crippen molar-refractivity contribution in [3.8, 4) is 11.5 Å². The van der Waals surface area contributed by atoms with E-state index in [2.05, 4.69) is 0 Å². The van der Waals surface area contributed by atoms with E-state index in [9.17, 15) is 18.3 Å². The van der Waals surface area contributed by atoms with Crippen molar-refractivity contribution in [3.05, 3.63) is 48.0 Å². The molecule has 1 fully saturated rings. The minimum atomic E-state index is -3.90. The second-order valence-corrected chi connectivity index (χ2v) is 10.3. The van der Waals surface area contributed by atoms with Crippen LogP contribution in [0.3, 0.4) is 0 Å². The summed E-state index contributed by atoms with van der Waals surface area (Å²) in [4.78, 5) is 14.3. The molecule has 0 bridgehead atoms. The Bertz CT molecular complexity index is 1100. The molecular weight excluding hydrogens is 418 g/mol. The highest BCUT2D eigenvalue weighted by Crippen LogP contribution is 2.47. The molecule has 0 unspecified atom stereocenters. The quantitative estimate of drug-likeness (QED) is 0.760. The molecule has 0 aromatic heterocycles. The molecule has 2 aliphatic rings. The predicted octanol–water partition coefficient (Wildman–Crippen LogP) is 3.11. The standard InChI is InChI=1S/C23H27NO6S/c1-4-29-18-14-17-16(13-19(18)31(27,28)15-9-6-5-7-10-15)21(22(26)23(2,3)30-17)24-12-8-11-20(24)25/h5-7,9-10,13-14,21-22,26H,4,8,11-12H2,1-3H3/t21-,22+/m1/s1. The van der Waals surface area contributed by atoms with Gasteiger partial charge in [-0.15, -0.1) is 0 Å². The molecule has 2 aromatic carbocycles. The molecule has 0 saturated carbocycles. The van der Waals surface area contributed by atoms with Gasteiger partial charge >= 0.3 is 0 Å². The number of fused-ring (bicyclic) bond motifs is 1. The summed E-state index contributed by atoms with van der Waals surface area (Å²) in [5.74, 6) is 0.535. The summed E-state index contributed by atoms with van der Waals surface area (Å²) in [6, 6.07) is 10.5. The topological polar surface area (TPSA) is 93.1 Å². The molecule has 1 saturated heterocycles. The average molecular weight is 446 g/mol. The fraction of sp³-hybridized carbons (Fsp3) is 0.435. The van der Waals surface area contributed by atoms with Gasteiger partial charge in [-0.2, -0.15) is 0 Å². The summed E-state index contributed by atoms with van der Waals surface area (Å²) in [6.45, 7) is 6.06. The van der Waals surface area contributed by atoms with Crippen LogP contribution in [0.1, 0.15) is 45.2 Å². The number of likely N-dealkylation sites (tertiary alicyclic amines) is 1. The Hall–Kier alpha value is -2.58. The van der Waals surface area contributed by atoms with Crippen molar-refractivity contribution >= 4 is 15.7 Å². The van der Waals surface area contributed by atoms with Crippen LogP contribution in [0, 0.1) is 0 Å². The van der Waals surface area contributed by atoms with Gasteiger partial charge in [0.1, 0.15) is 28.1 Å². The van der Waals surface area contributed by atoms with E-state index in [-0.39, 0.29) is 28.1 Å². The summed E-state index contributed by atoms with van der Waals surface area (Å²) in [7, 11) is -3.90. The van der Waals surface area contributed by atoms with Gasteiger partial charge in [-0.25, -0.2) is 8.42 Å². The highest BCUT2D eigenvalue weighted by molar-refractivity contribution is 7.91. The van der Waals surface area contributed by atoms with E-state index in [0.29, 0.717) is 30.7 Å². The van der Waals surface area contributed by atoms with Crippen molar-refractivity contribution in [2.24, 2.45) is 0 Å². The van der Waals surface area contributed by atoms with E-state index < -0.39 is 27.6 Å². The Morgan fingerprint density at radius 2 is 1.94 bits per heavy atom. The Balaban J connectivity index is 1.93. The van der Waals surface area contributed by atoms with Gasteiger partial charge in [0.05, 0.1) is 17.5 Å². The number of amides is 1. The van der Waals surface area contributed by atoms with Crippen molar-refractivity contribution in [2.75, 3.05) is 13.2 Å². The molecule has 166 valence electrons. The molecule has 1 N–H and O–H groups in total. The first-order valence-corrected chi connectivity index (χ1v) is 11.9. The molecule has 1 amide bonds. The van der Waals surface area contributed by atoms with E-state index in [1.165, 1.54) is 18.2 Å². The predicted molar refractivity (Wildman–Crippen MR) is 114 cm³/mol. The molecule has 7 nitrogen and oxygen atoms in total. The van der Waals surface area contributed by atoms with Crippen molar-refractivity contribution in [2.45, 2.75) is 61.2 Å². The van der Waals surface area contributed by atoms with E-state index >= 15 is 0 Å². The molecule has 2 aromatic rings. The number of nitrogens with zero attached hydrogens (tertiary/aromatic N) is 1. The molecule has 0 spiro atoms. The SMILES string of the molecule is CCOc1cc2c(cc1S(=O)(=O)c1ccccc1)[C@@H](N1CCCC1=O)[C@H](O)C(C)(C)O2. The van der Waals surface area contributed by atoms with Gasteiger partial charge in [0, 0.05) is 24.6 Å². The lowest BCUT2D eigenvalue weighted by molar-refractivity contribution is -0.139. The summed E-state index contributed by atoms with van der Waals surface area (Å²) >= 11 is 0. The van der Waals surface area contributed by atoms with Crippen LogP contribution < -0.4 is 9.47 Å². The number of hydrogen-bond donors (Lipinski definition) is 1. The first kappa shape index (κ1) is 21.6. The van der Waals surface area contributed by atoms with Gasteiger partial charge in [-0.3, -0.25) is 4.79 Å². The average Bonchev–Trinajstić information content (AvgIpc) is 3.15. The van der Waals surface area contributed by atoms with Crippen LogP contribution in [0.15, 0.2) is 52.3 Å². The maximum Gasteiger partial charge on any atom is 0.223 e. The van der Waals surface area contributed by atoms with E-state index in [4.69, 9.17) is 9.47 Å². The second-order valence-electron chi connectivity index (χ2n) is 8.37. The molecule has 0 radical (unpaired) electrons. The van der Waals surface area contributed by atoms with Crippen molar-refractivity contribution in [1.82, 2.24) is 4.90 Å². The molecule has 2 heterocycles. The summed E-state index contributed by atoms with van der Waals surface area (Å²) in [6.07, 6.45) is 0.0870. The zero-order valence-electron chi connectivity index (χ0n) is 17.9. The zero-order chi connectivity index (χ0) is 22.4. The van der Waals surface area contributed by atoms with Crippen LogP contribution in [0.2, 0.25) is 0 Å². The molecule has 4 rings (SSSR count). The molecule has 2 atom stereocenters.